The third-order valence-corrected chi connectivity index (χ3v) is 7.50. The molecule has 138 valence electrons. The minimum Gasteiger partial charge on any atom is -0.321 e. The average molecular weight is 397 g/mol. The molecule has 1 N–H and O–H groups in total. The minimum atomic E-state index is -0.240. The van der Waals surface area contributed by atoms with E-state index in [0.29, 0.717) is 10.3 Å². The van der Waals surface area contributed by atoms with Crippen LogP contribution in [-0.4, -0.2) is 32.4 Å². The summed E-state index contributed by atoms with van der Waals surface area (Å²) in [6, 6.07) is 16.0. The average Bonchev–Trinajstić information content (AvgIpc) is 3.32. The normalized spacial score (nSPS) is 14.4. The molecule has 27 heavy (non-hydrogen) atoms. The zero-order valence-electron chi connectivity index (χ0n) is 15.2. The van der Waals surface area contributed by atoms with Crippen molar-refractivity contribution < 1.29 is 4.79 Å². The molecular formula is C20H20N4OS2. The molecule has 1 aliphatic rings. The van der Waals surface area contributed by atoms with Crippen LogP contribution in [0.15, 0.2) is 48.5 Å². The molecule has 0 bridgehead atoms. The summed E-state index contributed by atoms with van der Waals surface area (Å²) in [5.74, 6) is 2.11. The van der Waals surface area contributed by atoms with Crippen molar-refractivity contribution in [3.63, 3.8) is 0 Å². The first-order valence-electron chi connectivity index (χ1n) is 8.76. The van der Waals surface area contributed by atoms with Crippen LogP contribution in [0.25, 0.3) is 5.69 Å². The lowest BCUT2D eigenvalue weighted by Crippen LogP contribution is -2.14. The van der Waals surface area contributed by atoms with Crippen molar-refractivity contribution in [2.75, 3.05) is 16.8 Å². The first-order chi connectivity index (χ1) is 13.1. The van der Waals surface area contributed by atoms with Crippen LogP contribution in [0, 0.1) is 13.8 Å². The van der Waals surface area contributed by atoms with Gasteiger partial charge >= 0.3 is 0 Å². The number of hydrogen-bond donors (Lipinski definition) is 1. The van der Waals surface area contributed by atoms with Crippen molar-refractivity contribution >= 4 is 35.1 Å². The van der Waals surface area contributed by atoms with E-state index in [1.807, 2.05) is 79.8 Å². The second-order valence-electron chi connectivity index (χ2n) is 6.43. The monoisotopic (exact) mass is 396 g/mol. The summed E-state index contributed by atoms with van der Waals surface area (Å²) in [4.78, 5) is 12.7. The molecule has 0 unspecified atom stereocenters. The molecule has 7 heteroatoms. The SMILES string of the molecule is Cc1cccc(-n2nnc(C(=O)Nc3cccc(C4SCCS4)c3)c2C)c1. The molecule has 1 aromatic heterocycles. The first kappa shape index (κ1) is 18.1. The van der Waals surface area contributed by atoms with E-state index >= 15 is 0 Å². The van der Waals surface area contributed by atoms with Crippen LogP contribution >= 0.6 is 23.5 Å². The van der Waals surface area contributed by atoms with Gasteiger partial charge in [-0.05, 0) is 49.2 Å². The fourth-order valence-corrected chi connectivity index (χ4v) is 5.89. The molecule has 1 fully saturated rings. The van der Waals surface area contributed by atoms with E-state index in [2.05, 4.69) is 21.7 Å². The summed E-state index contributed by atoms with van der Waals surface area (Å²) >= 11 is 3.90. The van der Waals surface area contributed by atoms with Gasteiger partial charge in [0.05, 0.1) is 16.0 Å². The Bertz CT molecular complexity index is 980. The number of anilines is 1. The van der Waals surface area contributed by atoms with Crippen LogP contribution in [0.5, 0.6) is 0 Å². The molecule has 3 aromatic rings. The highest BCUT2D eigenvalue weighted by molar-refractivity contribution is 8.19. The number of nitrogens with zero attached hydrogens (tertiary/aromatic N) is 3. The Morgan fingerprint density at radius 3 is 2.67 bits per heavy atom. The Balaban J connectivity index is 1.55. The van der Waals surface area contributed by atoms with Gasteiger partial charge in [0.15, 0.2) is 5.69 Å². The van der Waals surface area contributed by atoms with Crippen molar-refractivity contribution in [1.29, 1.82) is 0 Å². The molecule has 1 saturated heterocycles. The number of carbonyl (C=O) groups excluding carboxylic acids is 1. The standard InChI is InChI=1S/C20H20N4OS2/c1-13-5-3-8-17(11-13)24-14(2)18(22-23-24)19(25)21-16-7-4-6-15(12-16)20-26-9-10-27-20/h3-8,11-12,20H,9-10H2,1-2H3,(H,21,25). The molecule has 5 nitrogen and oxygen atoms in total. The second kappa shape index (κ2) is 7.78. The number of nitrogens with one attached hydrogen (secondary N) is 1. The number of rotatable bonds is 4. The van der Waals surface area contributed by atoms with Crippen molar-refractivity contribution in [2.45, 2.75) is 18.4 Å². The van der Waals surface area contributed by atoms with Gasteiger partial charge in [0, 0.05) is 17.2 Å². The van der Waals surface area contributed by atoms with Crippen molar-refractivity contribution in [3.05, 3.63) is 71.0 Å². The molecular weight excluding hydrogens is 376 g/mol. The number of thioether (sulfide) groups is 2. The van der Waals surface area contributed by atoms with Crippen molar-refractivity contribution in [1.82, 2.24) is 15.0 Å². The maximum Gasteiger partial charge on any atom is 0.278 e. The van der Waals surface area contributed by atoms with Crippen LogP contribution < -0.4 is 5.32 Å². The van der Waals surface area contributed by atoms with Crippen LogP contribution in [-0.2, 0) is 0 Å². The summed E-state index contributed by atoms with van der Waals surface area (Å²) in [7, 11) is 0. The van der Waals surface area contributed by atoms with Gasteiger partial charge in [0.2, 0.25) is 0 Å². The topological polar surface area (TPSA) is 59.8 Å². The zero-order chi connectivity index (χ0) is 18.8. The fraction of sp³-hybridized carbons (Fsp3) is 0.250. The number of aromatic nitrogens is 3. The molecule has 0 radical (unpaired) electrons. The lowest BCUT2D eigenvalue weighted by atomic mass is 10.2. The molecule has 2 aromatic carbocycles. The van der Waals surface area contributed by atoms with E-state index in [9.17, 15) is 4.79 Å². The van der Waals surface area contributed by atoms with Gasteiger partial charge in [0.25, 0.3) is 5.91 Å². The maximum absolute atomic E-state index is 12.7. The molecule has 1 amide bonds. The lowest BCUT2D eigenvalue weighted by molar-refractivity contribution is 0.102. The lowest BCUT2D eigenvalue weighted by Gasteiger charge is -2.11. The Morgan fingerprint density at radius 1 is 1.11 bits per heavy atom. The van der Waals surface area contributed by atoms with E-state index in [-0.39, 0.29) is 5.91 Å². The highest BCUT2D eigenvalue weighted by Gasteiger charge is 2.20. The van der Waals surface area contributed by atoms with Gasteiger partial charge in [-0.25, -0.2) is 4.68 Å². The van der Waals surface area contributed by atoms with Gasteiger partial charge in [-0.15, -0.1) is 28.6 Å². The number of hydrogen-bond acceptors (Lipinski definition) is 5. The first-order valence-corrected chi connectivity index (χ1v) is 10.9. The van der Waals surface area contributed by atoms with Crippen LogP contribution in [0.1, 0.15) is 31.9 Å². The summed E-state index contributed by atoms with van der Waals surface area (Å²) in [5.41, 5.74) is 5.11. The van der Waals surface area contributed by atoms with Crippen LogP contribution in [0.4, 0.5) is 5.69 Å². The van der Waals surface area contributed by atoms with E-state index in [1.54, 1.807) is 4.68 Å². The van der Waals surface area contributed by atoms with E-state index < -0.39 is 0 Å². The Morgan fingerprint density at radius 2 is 1.89 bits per heavy atom. The fourth-order valence-electron chi connectivity index (χ4n) is 3.05. The predicted octanol–water partition coefficient (Wildman–Crippen LogP) is 4.62. The van der Waals surface area contributed by atoms with Gasteiger partial charge < -0.3 is 5.32 Å². The highest BCUT2D eigenvalue weighted by Crippen LogP contribution is 2.45. The number of benzene rings is 2. The van der Waals surface area contributed by atoms with E-state index in [0.717, 1.165) is 22.6 Å². The largest absolute Gasteiger partial charge is 0.321 e. The molecule has 1 aliphatic heterocycles. The van der Waals surface area contributed by atoms with Crippen LogP contribution in [0.3, 0.4) is 0 Å². The Hall–Kier alpha value is -2.25. The molecule has 2 heterocycles. The molecule has 0 atom stereocenters. The molecule has 4 rings (SSSR count). The zero-order valence-corrected chi connectivity index (χ0v) is 16.8. The predicted molar refractivity (Wildman–Crippen MR) is 113 cm³/mol. The summed E-state index contributed by atoms with van der Waals surface area (Å²) in [5, 5.41) is 11.2. The third kappa shape index (κ3) is 3.89. The van der Waals surface area contributed by atoms with Gasteiger partial charge in [0.1, 0.15) is 0 Å². The van der Waals surface area contributed by atoms with Gasteiger partial charge in [-0.3, -0.25) is 4.79 Å². The Kier molecular flexibility index (Phi) is 5.22. The molecule has 0 saturated carbocycles. The van der Waals surface area contributed by atoms with E-state index in [4.69, 9.17) is 0 Å². The highest BCUT2D eigenvalue weighted by atomic mass is 32.2. The van der Waals surface area contributed by atoms with Gasteiger partial charge in [-0.1, -0.05) is 29.5 Å². The van der Waals surface area contributed by atoms with Gasteiger partial charge in [-0.2, -0.15) is 0 Å². The maximum atomic E-state index is 12.7. The third-order valence-electron chi connectivity index (χ3n) is 4.39. The number of carbonyl (C=O) groups is 1. The quantitative estimate of drug-likeness (QED) is 0.697. The number of aryl methyl sites for hydroxylation is 1. The van der Waals surface area contributed by atoms with E-state index in [1.165, 1.54) is 17.1 Å². The second-order valence-corrected chi connectivity index (χ2v) is 9.15. The van der Waals surface area contributed by atoms with Crippen molar-refractivity contribution in [3.8, 4) is 5.69 Å². The number of amides is 1. The molecule has 0 spiro atoms. The summed E-state index contributed by atoms with van der Waals surface area (Å²) < 4.78 is 2.15. The summed E-state index contributed by atoms with van der Waals surface area (Å²) in [6.45, 7) is 3.89. The summed E-state index contributed by atoms with van der Waals surface area (Å²) in [6.07, 6.45) is 0. The Labute approximate surface area is 166 Å². The minimum absolute atomic E-state index is 0.240. The van der Waals surface area contributed by atoms with Crippen LogP contribution in [0.2, 0.25) is 0 Å². The van der Waals surface area contributed by atoms with Crippen molar-refractivity contribution in [2.24, 2.45) is 0 Å². The smallest absolute Gasteiger partial charge is 0.278 e. The molecule has 0 aliphatic carbocycles.